The van der Waals surface area contributed by atoms with E-state index in [-0.39, 0.29) is 11.5 Å². The van der Waals surface area contributed by atoms with Gasteiger partial charge in [0.1, 0.15) is 24.3 Å². The third kappa shape index (κ3) is 5.60. The molecule has 6 rings (SSSR count). The number of fused-ring (bicyclic) bond motifs is 4. The van der Waals surface area contributed by atoms with Gasteiger partial charge in [0.25, 0.3) is 0 Å². The lowest BCUT2D eigenvalue weighted by molar-refractivity contribution is -0.0414. The highest BCUT2D eigenvalue weighted by Gasteiger charge is 2.46. The first-order chi connectivity index (χ1) is 20.0. The smallest absolute Gasteiger partial charge is 0.175 e. The molecule has 0 radical (unpaired) electrons. The van der Waals surface area contributed by atoms with Gasteiger partial charge in [-0.15, -0.1) is 0 Å². The fraction of sp³-hybridized carbons (Fsp3) is 0.533. The van der Waals surface area contributed by atoms with Gasteiger partial charge < -0.3 is 29.7 Å². The van der Waals surface area contributed by atoms with Gasteiger partial charge in [0, 0.05) is 56.8 Å². The van der Waals surface area contributed by atoms with E-state index in [4.69, 9.17) is 24.9 Å². The zero-order valence-electron chi connectivity index (χ0n) is 23.9. The third-order valence-corrected chi connectivity index (χ3v) is 9.97. The van der Waals surface area contributed by atoms with E-state index in [2.05, 4.69) is 44.5 Å². The summed E-state index contributed by atoms with van der Waals surface area (Å²) in [5.74, 6) is 3.07. The van der Waals surface area contributed by atoms with Crippen molar-refractivity contribution in [3.8, 4) is 5.75 Å². The number of ether oxygens (including phenoxy) is 3. The number of rotatable bonds is 8. The maximum atomic E-state index is 6.73. The quantitative estimate of drug-likeness (QED) is 0.163. The molecule has 4 aliphatic rings. The summed E-state index contributed by atoms with van der Waals surface area (Å²) in [6, 6.07) is 6.46. The molecule has 218 valence electrons. The van der Waals surface area contributed by atoms with Gasteiger partial charge in [0.05, 0.1) is 23.7 Å². The highest BCUT2D eigenvalue weighted by molar-refractivity contribution is 8.03. The average Bonchev–Trinajstić information content (AvgIpc) is 3.54. The van der Waals surface area contributed by atoms with Crippen molar-refractivity contribution in [1.29, 1.82) is 0 Å². The molecule has 2 aromatic rings. The van der Waals surface area contributed by atoms with E-state index in [1.54, 1.807) is 13.3 Å². The van der Waals surface area contributed by atoms with Crippen LogP contribution in [0.25, 0.3) is 0 Å². The summed E-state index contributed by atoms with van der Waals surface area (Å²) >= 11 is 1.50. The molecule has 5 heterocycles. The number of anilines is 1. The van der Waals surface area contributed by atoms with Crippen LogP contribution in [0.2, 0.25) is 0 Å². The summed E-state index contributed by atoms with van der Waals surface area (Å²) in [7, 11) is 1.64. The van der Waals surface area contributed by atoms with Crippen LogP contribution in [0.1, 0.15) is 43.5 Å². The summed E-state index contributed by atoms with van der Waals surface area (Å²) < 4.78 is 16.9. The molecule has 0 aromatic carbocycles. The largest absolute Gasteiger partial charge is 0.486 e. The molecule has 10 nitrogen and oxygen atoms in total. The lowest BCUT2D eigenvalue weighted by Gasteiger charge is -2.42. The number of nitrogens with two attached hydrogens (primary N) is 1. The molecular weight excluding hydrogens is 538 g/mol. The minimum atomic E-state index is 0.0534. The van der Waals surface area contributed by atoms with Crippen LogP contribution in [0.5, 0.6) is 5.75 Å². The number of aromatic nitrogens is 2. The van der Waals surface area contributed by atoms with Crippen LogP contribution in [-0.2, 0) is 15.9 Å². The van der Waals surface area contributed by atoms with Gasteiger partial charge >= 0.3 is 0 Å². The van der Waals surface area contributed by atoms with Crippen molar-refractivity contribution in [3.05, 3.63) is 53.1 Å². The van der Waals surface area contributed by atoms with Gasteiger partial charge in [-0.2, -0.15) is 0 Å². The summed E-state index contributed by atoms with van der Waals surface area (Å²) in [5.41, 5.74) is 9.20. The summed E-state index contributed by atoms with van der Waals surface area (Å²) in [4.78, 5) is 24.0. The molecule has 11 heteroatoms. The second kappa shape index (κ2) is 12.1. The number of methoxy groups -OCH3 is 1. The molecule has 1 aliphatic carbocycles. The number of aliphatic imine (C=N–C) groups is 2. The lowest BCUT2D eigenvalue weighted by Crippen LogP contribution is -2.45. The number of hydrogen-bond acceptors (Lipinski definition) is 10. The Morgan fingerprint density at radius 3 is 2.93 bits per heavy atom. The predicted molar refractivity (Wildman–Crippen MR) is 162 cm³/mol. The lowest BCUT2D eigenvalue weighted by atomic mass is 9.73. The minimum Gasteiger partial charge on any atom is -0.486 e. The maximum absolute atomic E-state index is 6.73. The predicted octanol–water partition coefficient (Wildman–Crippen LogP) is 4.03. The SMILES string of the molecule is C=N/C(=C\N=C(/C)N1CCC2(CC1)Cc1ncccc1[C@H]2N)Sc1ccnc2c1OCC1CC(COCOC)CN21. The standard InChI is InChI=1S/C30H39N7O3S/c1-20(36-11-7-30(8-12-36)14-24-23(28(30)31)5-4-9-33-24)35-15-26(32-2)41-25-6-10-34-29-27(25)40-18-22-13-21(16-37(22)29)17-39-19-38-3/h4-6,9-10,15,21-22,28H,2,7-8,11-14,16-19,31H2,1,3H3/b26-15+,35-20+/t21?,22?,28-/m1/s1. The van der Waals surface area contributed by atoms with Crippen molar-refractivity contribution >= 4 is 30.1 Å². The maximum Gasteiger partial charge on any atom is 0.175 e. The Kier molecular flexibility index (Phi) is 8.30. The van der Waals surface area contributed by atoms with Crippen molar-refractivity contribution in [2.24, 2.45) is 27.1 Å². The molecule has 2 fully saturated rings. The Balaban J connectivity index is 1.09. The Bertz CT molecular complexity index is 1330. The van der Waals surface area contributed by atoms with Crippen molar-refractivity contribution in [1.82, 2.24) is 14.9 Å². The second-order valence-electron chi connectivity index (χ2n) is 11.4. The minimum absolute atomic E-state index is 0.0534. The van der Waals surface area contributed by atoms with Crippen LogP contribution in [0.15, 0.2) is 56.7 Å². The Hall–Kier alpha value is -2.99. The fourth-order valence-electron chi connectivity index (χ4n) is 6.73. The molecule has 0 saturated carbocycles. The van der Waals surface area contributed by atoms with E-state index in [9.17, 15) is 0 Å². The summed E-state index contributed by atoms with van der Waals surface area (Å²) in [6.45, 7) is 10.2. The van der Waals surface area contributed by atoms with Crippen LogP contribution in [0, 0.1) is 11.3 Å². The van der Waals surface area contributed by atoms with Gasteiger partial charge in [0.2, 0.25) is 0 Å². The number of amidine groups is 1. The summed E-state index contributed by atoms with van der Waals surface area (Å²) in [5, 5.41) is 0.712. The highest BCUT2D eigenvalue weighted by Crippen LogP contribution is 2.50. The van der Waals surface area contributed by atoms with Crippen LogP contribution in [0.3, 0.4) is 0 Å². The van der Waals surface area contributed by atoms with Gasteiger partial charge in [-0.1, -0.05) is 17.8 Å². The fourth-order valence-corrected chi connectivity index (χ4v) is 7.50. The monoisotopic (exact) mass is 577 g/mol. The molecule has 2 unspecified atom stereocenters. The first-order valence-corrected chi connectivity index (χ1v) is 15.1. The van der Waals surface area contributed by atoms with E-state index < -0.39 is 0 Å². The van der Waals surface area contributed by atoms with Crippen molar-refractivity contribution in [2.45, 2.75) is 49.6 Å². The second-order valence-corrected chi connectivity index (χ2v) is 12.5. The number of likely N-dealkylation sites (tertiary alicyclic amines) is 1. The van der Waals surface area contributed by atoms with Gasteiger partial charge in [-0.3, -0.25) is 9.98 Å². The molecule has 1 spiro atoms. The molecule has 0 bridgehead atoms. The molecule has 3 atom stereocenters. The topological polar surface area (TPSA) is 111 Å². The van der Waals surface area contributed by atoms with Crippen molar-refractivity contribution < 1.29 is 14.2 Å². The first-order valence-electron chi connectivity index (χ1n) is 14.3. The molecule has 2 N–H and O–H groups in total. The van der Waals surface area contributed by atoms with Gasteiger partial charge in [-0.25, -0.2) is 9.98 Å². The molecule has 2 aromatic heterocycles. The Labute approximate surface area is 246 Å². The first kappa shape index (κ1) is 28.1. The number of thioether (sulfide) groups is 1. The van der Waals surface area contributed by atoms with Crippen LogP contribution < -0.4 is 15.4 Å². The van der Waals surface area contributed by atoms with Gasteiger partial charge in [0.15, 0.2) is 11.6 Å². The number of pyridine rings is 2. The molecule has 3 aliphatic heterocycles. The van der Waals surface area contributed by atoms with E-state index in [0.29, 0.717) is 37.0 Å². The van der Waals surface area contributed by atoms with Crippen LogP contribution in [-0.4, -0.2) is 80.2 Å². The number of piperidine rings is 1. The van der Waals surface area contributed by atoms with E-state index in [1.165, 1.54) is 23.0 Å². The Morgan fingerprint density at radius 2 is 2.15 bits per heavy atom. The zero-order chi connectivity index (χ0) is 28.4. The van der Waals surface area contributed by atoms with Gasteiger partial charge in [-0.05, 0) is 62.4 Å². The van der Waals surface area contributed by atoms with E-state index in [1.807, 2.05) is 24.5 Å². The molecule has 2 saturated heterocycles. The molecule has 41 heavy (non-hydrogen) atoms. The molecule has 0 amide bonds. The molecular formula is C30H39N7O3S. The van der Waals surface area contributed by atoms with Crippen molar-refractivity contribution in [3.63, 3.8) is 0 Å². The average molecular weight is 578 g/mol. The Morgan fingerprint density at radius 1 is 1.29 bits per heavy atom. The van der Waals surface area contributed by atoms with Crippen molar-refractivity contribution in [2.75, 3.05) is 51.7 Å². The number of nitrogens with zero attached hydrogens (tertiary/aromatic N) is 6. The van der Waals surface area contributed by atoms with E-state index in [0.717, 1.165) is 67.6 Å². The zero-order valence-corrected chi connectivity index (χ0v) is 24.7. The highest BCUT2D eigenvalue weighted by atomic mass is 32.2. The van der Waals surface area contributed by atoms with Crippen LogP contribution >= 0.6 is 11.8 Å². The number of hydrogen-bond donors (Lipinski definition) is 1. The van der Waals surface area contributed by atoms with Crippen LogP contribution in [0.4, 0.5) is 5.82 Å². The van der Waals surface area contributed by atoms with E-state index >= 15 is 0 Å². The normalized spacial score (nSPS) is 25.1. The third-order valence-electron chi connectivity index (χ3n) is 8.99. The summed E-state index contributed by atoms with van der Waals surface area (Å²) in [6.07, 6.45) is 9.55.